The Bertz CT molecular complexity index is 2260. The van der Waals surface area contributed by atoms with Crippen molar-refractivity contribution in [3.8, 4) is 22.6 Å². The zero-order chi connectivity index (χ0) is 33.9. The Morgan fingerprint density at radius 2 is 1.04 bits per heavy atom. The van der Waals surface area contributed by atoms with Crippen molar-refractivity contribution in [1.82, 2.24) is 0 Å². The molecule has 7 rings (SSSR count). The van der Waals surface area contributed by atoms with E-state index in [1.165, 1.54) is 11.4 Å². The van der Waals surface area contributed by atoms with Gasteiger partial charge in [0.1, 0.15) is 22.7 Å². The summed E-state index contributed by atoms with van der Waals surface area (Å²) in [5.74, 6) is 0.914. The molecule has 0 aliphatic carbocycles. The fourth-order valence-corrected chi connectivity index (χ4v) is 10.6. The second-order valence-corrected chi connectivity index (χ2v) is 16.5. The van der Waals surface area contributed by atoms with Crippen LogP contribution in [0.25, 0.3) is 33.1 Å². The summed E-state index contributed by atoms with van der Waals surface area (Å²) in [6.45, 7) is 16.5. The highest BCUT2D eigenvalue weighted by Gasteiger charge is 2.32. The van der Waals surface area contributed by atoms with E-state index in [1.54, 1.807) is 6.07 Å². The number of carbonyl (C=O) groups is 1. The van der Waals surface area contributed by atoms with Gasteiger partial charge < -0.3 is 22.0 Å². The fraction of sp³-hybridized carbons (Fsp3) is 0.205. The van der Waals surface area contributed by atoms with E-state index in [4.69, 9.17) is 22.0 Å². The van der Waals surface area contributed by atoms with Crippen molar-refractivity contribution in [3.05, 3.63) is 123 Å². The van der Waals surface area contributed by atoms with E-state index in [0.717, 1.165) is 82.5 Å². The van der Waals surface area contributed by atoms with Crippen LogP contribution in [0, 0.1) is 55.4 Å². The first-order valence-electron chi connectivity index (χ1n) is 15.7. The second-order valence-electron chi connectivity index (χ2n) is 12.6. The number of hydrogen-bond donors (Lipinski definition) is 0. The summed E-state index contributed by atoms with van der Waals surface area (Å²) in [6, 6.07) is 24.4. The third-order valence-corrected chi connectivity index (χ3v) is 12.2. The van der Waals surface area contributed by atoms with Gasteiger partial charge >= 0.3 is 21.8 Å². The maximum absolute atomic E-state index is 12.9. The lowest BCUT2D eigenvalue weighted by atomic mass is 9.95. The molecule has 0 amide bonds. The predicted octanol–water partition coefficient (Wildman–Crippen LogP) is 12.8. The van der Waals surface area contributed by atoms with Gasteiger partial charge in [0.05, 0.1) is 5.56 Å². The highest BCUT2D eigenvalue weighted by molar-refractivity contribution is 8.53. The van der Waals surface area contributed by atoms with Gasteiger partial charge in [-0.2, -0.15) is 0 Å². The van der Waals surface area contributed by atoms with Gasteiger partial charge in [0.2, 0.25) is 0 Å². The van der Waals surface area contributed by atoms with Crippen LogP contribution in [0.2, 0.25) is 0 Å². The Hall–Kier alpha value is -4.15. The maximum atomic E-state index is 12.9. The Balaban J connectivity index is 1.39. The Morgan fingerprint density at radius 1 is 0.562 bits per heavy atom. The first-order valence-corrected chi connectivity index (χ1v) is 19.4. The van der Waals surface area contributed by atoms with E-state index in [-0.39, 0.29) is 5.97 Å². The van der Waals surface area contributed by atoms with Crippen LogP contribution >= 0.6 is 27.2 Å². The molecule has 9 heteroatoms. The van der Waals surface area contributed by atoms with Crippen molar-refractivity contribution < 1.29 is 26.8 Å². The summed E-state index contributed by atoms with van der Waals surface area (Å²) in [7, 11) is -3.56. The molecule has 0 N–H and O–H groups in total. The number of fused-ring (bicyclic) bond motifs is 4. The highest BCUT2D eigenvalue weighted by atomic mass is 32.7. The molecule has 1 aliphatic heterocycles. The Labute approximate surface area is 286 Å². The van der Waals surface area contributed by atoms with Gasteiger partial charge in [0.25, 0.3) is 0 Å². The average Bonchev–Trinajstić information content (AvgIpc) is 3.17. The van der Waals surface area contributed by atoms with E-state index in [1.807, 2.05) is 32.0 Å². The zero-order valence-corrected chi connectivity index (χ0v) is 30.8. The van der Waals surface area contributed by atoms with Crippen molar-refractivity contribution in [2.24, 2.45) is 0 Å². The van der Waals surface area contributed by atoms with Crippen LogP contribution in [-0.4, -0.2) is 5.97 Å². The van der Waals surface area contributed by atoms with Crippen molar-refractivity contribution in [1.29, 1.82) is 0 Å². The molecule has 0 fully saturated rings. The first kappa shape index (κ1) is 32.4. The van der Waals surface area contributed by atoms with E-state index in [9.17, 15) is 4.79 Å². The molecule has 244 valence electrons. The van der Waals surface area contributed by atoms with Crippen LogP contribution in [0.5, 0.6) is 11.5 Å². The molecule has 5 aromatic carbocycles. The molecule has 6 aromatic rings. The zero-order valence-electron chi connectivity index (χ0n) is 28.2. The van der Waals surface area contributed by atoms with Crippen LogP contribution < -0.4 is 9.05 Å². The third-order valence-electron chi connectivity index (χ3n) is 8.36. The van der Waals surface area contributed by atoms with Crippen molar-refractivity contribution in [2.75, 3.05) is 0 Å². The molecule has 6 nitrogen and oxygen atoms in total. The van der Waals surface area contributed by atoms with Crippen LogP contribution in [0.1, 0.15) is 54.9 Å². The molecule has 1 atom stereocenters. The van der Waals surface area contributed by atoms with E-state index in [0.29, 0.717) is 17.1 Å². The molecule has 1 aromatic heterocycles. The lowest BCUT2D eigenvalue weighted by Crippen LogP contribution is -2.09. The molecule has 0 saturated heterocycles. The highest BCUT2D eigenvalue weighted by Crippen LogP contribution is 2.61. The number of aryl methyl sites for hydroxylation is 8. The predicted molar refractivity (Wildman–Crippen MR) is 197 cm³/mol. The van der Waals surface area contributed by atoms with Gasteiger partial charge in [0.15, 0.2) is 0 Å². The summed E-state index contributed by atoms with van der Waals surface area (Å²) < 4.78 is 32.6. The summed E-state index contributed by atoms with van der Waals surface area (Å²) in [4.78, 5) is 13.7. The molecule has 1 aliphatic rings. The molecular weight excluding hydrogens is 658 g/mol. The van der Waals surface area contributed by atoms with Gasteiger partial charge in [-0.05, 0) is 148 Å². The lowest BCUT2D eigenvalue weighted by molar-refractivity contribution is 0.0740. The third kappa shape index (κ3) is 6.12. The van der Waals surface area contributed by atoms with Gasteiger partial charge in [-0.1, -0.05) is 36.4 Å². The van der Waals surface area contributed by atoms with Crippen LogP contribution in [0.3, 0.4) is 0 Å². The summed E-state index contributed by atoms with van der Waals surface area (Å²) in [5, 5.41) is 1.99. The molecule has 0 spiro atoms. The van der Waals surface area contributed by atoms with Crippen molar-refractivity contribution >= 4 is 55.1 Å². The summed E-state index contributed by atoms with van der Waals surface area (Å²) in [5.41, 5.74) is 12.1. The Morgan fingerprint density at radius 3 is 1.60 bits per heavy atom. The van der Waals surface area contributed by atoms with Gasteiger partial charge in [-0.25, -0.2) is 4.79 Å². The smallest absolute Gasteiger partial charge is 0.430 e. The molecule has 0 bridgehead atoms. The van der Waals surface area contributed by atoms with Gasteiger partial charge in [-0.3, -0.25) is 0 Å². The van der Waals surface area contributed by atoms with E-state index in [2.05, 4.69) is 90.1 Å². The Kier molecular flexibility index (Phi) is 8.58. The largest absolute Gasteiger partial charge is 0.453 e. The standard InChI is InChI=1S/C39H36O6P2S/c1-21-13-25(5)35-30(17-21)31-18-22(2)14-26(6)36(31)42-46(41-35)43-37-27(7)15-23(3)19-32(37)33-20-24(4)16-28(8)38(33)44-47-45-39(40)29-11-9-10-12-34(29)48-47/h9-20H,1-8H3. The molecule has 1 unspecified atom stereocenters. The van der Waals surface area contributed by atoms with E-state index >= 15 is 0 Å². The quantitative estimate of drug-likeness (QED) is 0.166. The molecule has 2 heterocycles. The molecule has 48 heavy (non-hydrogen) atoms. The van der Waals surface area contributed by atoms with Crippen LogP contribution in [0.15, 0.2) is 86.1 Å². The van der Waals surface area contributed by atoms with Crippen LogP contribution in [-0.2, 0) is 4.52 Å². The normalized spacial score (nSPS) is 14.2. The van der Waals surface area contributed by atoms with Crippen molar-refractivity contribution in [2.45, 2.75) is 60.3 Å². The van der Waals surface area contributed by atoms with Gasteiger partial charge in [0, 0.05) is 26.8 Å². The van der Waals surface area contributed by atoms with Gasteiger partial charge in [-0.15, -0.1) is 0 Å². The second kappa shape index (κ2) is 12.7. The summed E-state index contributed by atoms with van der Waals surface area (Å²) >= 11 is 1.44. The number of rotatable bonds is 5. The topological polar surface area (TPSA) is 71.0 Å². The minimum atomic E-state index is -1.92. The van der Waals surface area contributed by atoms with Crippen LogP contribution in [0.4, 0.5) is 0 Å². The number of benzene rings is 5. The monoisotopic (exact) mass is 694 g/mol. The minimum Gasteiger partial charge on any atom is -0.430 e. The maximum Gasteiger partial charge on any atom is 0.453 e. The molecular formula is C39H36O6P2S. The van der Waals surface area contributed by atoms with E-state index < -0.39 is 15.8 Å². The van der Waals surface area contributed by atoms with Crippen molar-refractivity contribution in [3.63, 3.8) is 0 Å². The fourth-order valence-electron chi connectivity index (χ4n) is 6.42. The minimum absolute atomic E-state index is 0.376. The lowest BCUT2D eigenvalue weighted by Gasteiger charge is -2.25. The SMILES string of the molecule is Cc1cc(C)c(OP2OC(=O)c3ccccc3S2)c(-c2cc(C)cc(C)c2Op2oc3c(C)cc(C)cc3c3cc(C)cc(C)c3o2)c1. The first-order chi connectivity index (χ1) is 22.9. The number of carbonyl (C=O) groups excluding carboxylic acids is 1. The average molecular weight is 695 g/mol. The number of hydrogen-bond acceptors (Lipinski definition) is 7. The molecule has 0 radical (unpaired) electrons. The molecule has 0 saturated carbocycles. The summed E-state index contributed by atoms with van der Waals surface area (Å²) in [6.07, 6.45) is 0.